The predicted octanol–water partition coefficient (Wildman–Crippen LogP) is 7.05. The maximum absolute atomic E-state index is 12.9. The summed E-state index contributed by atoms with van der Waals surface area (Å²) in [5.74, 6) is 3.00. The Bertz CT molecular complexity index is 1150. The van der Waals surface area contributed by atoms with Crippen LogP contribution in [-0.4, -0.2) is 41.6 Å². The van der Waals surface area contributed by atoms with Crippen LogP contribution in [0.1, 0.15) is 44.5 Å². The van der Waals surface area contributed by atoms with Gasteiger partial charge in [0.2, 0.25) is 0 Å². The van der Waals surface area contributed by atoms with Gasteiger partial charge >= 0.3 is 6.09 Å². The molecule has 10 heteroatoms. The summed E-state index contributed by atoms with van der Waals surface area (Å²) in [6, 6.07) is 15.8. The number of amides is 1. The molecule has 3 aromatic rings. The SMILES string of the molecule is CCSc1nc(CBr)c(NC(=O)OC(C)(C)C)c(N(Cc2ccc(OC)cc2)Cc2ccc(OC)cc2)n1. The van der Waals surface area contributed by atoms with Gasteiger partial charge in [-0.15, -0.1) is 0 Å². The van der Waals surface area contributed by atoms with Crippen molar-refractivity contribution >= 4 is 45.3 Å². The van der Waals surface area contributed by atoms with Crippen LogP contribution in [0.15, 0.2) is 53.7 Å². The van der Waals surface area contributed by atoms with Crippen LogP contribution in [0.25, 0.3) is 0 Å². The normalized spacial score (nSPS) is 11.1. The Labute approximate surface area is 237 Å². The predicted molar refractivity (Wildman–Crippen MR) is 157 cm³/mol. The number of ether oxygens (including phenoxy) is 3. The van der Waals surface area contributed by atoms with Crippen molar-refractivity contribution in [2.45, 2.75) is 56.9 Å². The average molecular weight is 604 g/mol. The largest absolute Gasteiger partial charge is 0.497 e. The summed E-state index contributed by atoms with van der Waals surface area (Å²) < 4.78 is 16.2. The minimum atomic E-state index is -0.649. The van der Waals surface area contributed by atoms with Gasteiger partial charge in [-0.05, 0) is 61.9 Å². The van der Waals surface area contributed by atoms with Crippen LogP contribution in [0, 0.1) is 0 Å². The Kier molecular flexibility index (Phi) is 10.7. The Morgan fingerprint density at radius 2 is 1.47 bits per heavy atom. The summed E-state index contributed by atoms with van der Waals surface area (Å²) >= 11 is 5.11. The second-order valence-corrected chi connectivity index (χ2v) is 11.2. The van der Waals surface area contributed by atoms with E-state index in [1.165, 1.54) is 0 Å². The van der Waals surface area contributed by atoms with Crippen molar-refractivity contribution in [2.24, 2.45) is 0 Å². The average Bonchev–Trinajstić information content (AvgIpc) is 2.89. The van der Waals surface area contributed by atoms with Gasteiger partial charge in [-0.1, -0.05) is 58.9 Å². The van der Waals surface area contributed by atoms with E-state index in [-0.39, 0.29) is 0 Å². The smallest absolute Gasteiger partial charge is 0.412 e. The molecule has 1 heterocycles. The zero-order valence-electron chi connectivity index (χ0n) is 22.7. The Morgan fingerprint density at radius 3 is 1.89 bits per heavy atom. The van der Waals surface area contributed by atoms with E-state index in [4.69, 9.17) is 24.2 Å². The third-order valence-electron chi connectivity index (χ3n) is 5.33. The number of anilines is 2. The number of carbonyl (C=O) groups is 1. The van der Waals surface area contributed by atoms with Crippen LogP contribution in [0.3, 0.4) is 0 Å². The summed E-state index contributed by atoms with van der Waals surface area (Å²) in [4.78, 5) is 24.6. The molecule has 0 unspecified atom stereocenters. The van der Waals surface area contributed by atoms with Crippen LogP contribution >= 0.6 is 27.7 Å². The van der Waals surface area contributed by atoms with Crippen molar-refractivity contribution in [3.8, 4) is 11.5 Å². The number of nitrogens with one attached hydrogen (secondary N) is 1. The van der Waals surface area contributed by atoms with Gasteiger partial charge in [-0.25, -0.2) is 14.8 Å². The van der Waals surface area contributed by atoms with Crippen LogP contribution in [0.2, 0.25) is 0 Å². The molecule has 38 heavy (non-hydrogen) atoms. The van der Waals surface area contributed by atoms with E-state index >= 15 is 0 Å². The van der Waals surface area contributed by atoms with Gasteiger partial charge in [0.25, 0.3) is 0 Å². The Morgan fingerprint density at radius 1 is 0.947 bits per heavy atom. The second-order valence-electron chi connectivity index (χ2n) is 9.40. The van der Waals surface area contributed by atoms with Gasteiger partial charge in [0.15, 0.2) is 11.0 Å². The van der Waals surface area contributed by atoms with E-state index in [1.54, 1.807) is 26.0 Å². The van der Waals surface area contributed by atoms with E-state index < -0.39 is 11.7 Å². The van der Waals surface area contributed by atoms with Gasteiger partial charge in [0.1, 0.15) is 22.8 Å². The molecule has 0 fully saturated rings. The van der Waals surface area contributed by atoms with E-state index in [1.807, 2.05) is 69.3 Å². The lowest BCUT2D eigenvalue weighted by Crippen LogP contribution is -2.30. The molecule has 0 spiro atoms. The van der Waals surface area contributed by atoms with E-state index in [0.29, 0.717) is 40.8 Å². The third-order valence-corrected chi connectivity index (χ3v) is 6.60. The number of methoxy groups -OCH3 is 2. The third kappa shape index (κ3) is 8.52. The van der Waals surface area contributed by atoms with E-state index in [9.17, 15) is 4.79 Å². The molecule has 0 saturated carbocycles. The summed E-state index contributed by atoms with van der Waals surface area (Å²) in [6.45, 7) is 8.62. The molecule has 1 N–H and O–H groups in total. The van der Waals surface area contributed by atoms with Crippen molar-refractivity contribution in [1.82, 2.24) is 9.97 Å². The van der Waals surface area contributed by atoms with Crippen LogP contribution in [0.5, 0.6) is 11.5 Å². The Balaban J connectivity index is 2.10. The lowest BCUT2D eigenvalue weighted by Gasteiger charge is -2.28. The van der Waals surface area contributed by atoms with Crippen molar-refractivity contribution in [1.29, 1.82) is 0 Å². The molecule has 0 radical (unpaired) electrons. The number of thioether (sulfide) groups is 1. The highest BCUT2D eigenvalue weighted by atomic mass is 79.9. The number of hydrogen-bond acceptors (Lipinski definition) is 8. The molecular formula is C28H35BrN4O4S. The van der Waals surface area contributed by atoms with Gasteiger partial charge in [0.05, 0.1) is 19.9 Å². The molecular weight excluding hydrogens is 568 g/mol. The highest BCUT2D eigenvalue weighted by Gasteiger charge is 2.24. The lowest BCUT2D eigenvalue weighted by molar-refractivity contribution is 0.0635. The topological polar surface area (TPSA) is 85.8 Å². The molecule has 8 nitrogen and oxygen atoms in total. The minimum Gasteiger partial charge on any atom is -0.497 e. The number of carbonyl (C=O) groups excluding carboxylic acids is 1. The fraction of sp³-hybridized carbons (Fsp3) is 0.393. The minimum absolute atomic E-state index is 0.434. The van der Waals surface area contributed by atoms with Crippen molar-refractivity contribution in [2.75, 3.05) is 30.2 Å². The van der Waals surface area contributed by atoms with Crippen molar-refractivity contribution in [3.63, 3.8) is 0 Å². The lowest BCUT2D eigenvalue weighted by atomic mass is 10.1. The van der Waals surface area contributed by atoms with Gasteiger partial charge in [-0.3, -0.25) is 5.32 Å². The van der Waals surface area contributed by atoms with Gasteiger partial charge in [-0.2, -0.15) is 0 Å². The number of rotatable bonds is 11. The van der Waals surface area contributed by atoms with Gasteiger partial charge < -0.3 is 19.1 Å². The molecule has 0 atom stereocenters. The van der Waals surface area contributed by atoms with Crippen molar-refractivity contribution < 1.29 is 19.0 Å². The molecule has 0 aliphatic rings. The molecule has 0 saturated heterocycles. The molecule has 0 aliphatic carbocycles. The molecule has 2 aromatic carbocycles. The summed E-state index contributed by atoms with van der Waals surface area (Å²) in [5, 5.41) is 4.01. The number of aromatic nitrogens is 2. The molecule has 1 amide bonds. The maximum Gasteiger partial charge on any atom is 0.412 e. The molecule has 0 bridgehead atoms. The first-order valence-electron chi connectivity index (χ1n) is 12.3. The quantitative estimate of drug-likeness (QED) is 0.142. The van der Waals surface area contributed by atoms with E-state index in [2.05, 4.69) is 33.1 Å². The number of halogens is 1. The van der Waals surface area contributed by atoms with Crippen LogP contribution in [0.4, 0.5) is 16.3 Å². The van der Waals surface area contributed by atoms with Gasteiger partial charge in [0, 0.05) is 18.4 Å². The highest BCUT2D eigenvalue weighted by Crippen LogP contribution is 2.34. The second kappa shape index (κ2) is 13.7. The fourth-order valence-electron chi connectivity index (χ4n) is 3.63. The number of nitrogens with zero attached hydrogens (tertiary/aromatic N) is 3. The molecule has 204 valence electrons. The highest BCUT2D eigenvalue weighted by molar-refractivity contribution is 9.08. The number of hydrogen-bond donors (Lipinski definition) is 1. The first-order valence-corrected chi connectivity index (χ1v) is 14.4. The van der Waals surface area contributed by atoms with Crippen LogP contribution < -0.4 is 19.7 Å². The van der Waals surface area contributed by atoms with Crippen LogP contribution in [-0.2, 0) is 23.2 Å². The van der Waals surface area contributed by atoms with E-state index in [0.717, 1.165) is 28.4 Å². The first-order chi connectivity index (χ1) is 18.1. The maximum atomic E-state index is 12.9. The zero-order valence-corrected chi connectivity index (χ0v) is 25.1. The summed E-state index contributed by atoms with van der Waals surface area (Å²) in [5.41, 5.74) is 2.66. The summed E-state index contributed by atoms with van der Waals surface area (Å²) in [6.07, 6.45) is -0.561. The van der Waals surface area contributed by atoms with Crippen molar-refractivity contribution in [3.05, 3.63) is 65.4 Å². The summed E-state index contributed by atoms with van der Waals surface area (Å²) in [7, 11) is 3.30. The number of benzene rings is 2. The first kappa shape index (κ1) is 29.6. The molecule has 0 aliphatic heterocycles. The molecule has 3 rings (SSSR count). The molecule has 1 aromatic heterocycles. The standard InChI is InChI=1S/C28H35BrN4O4S/c1-7-38-26-30-23(16-29)24(31-27(34)37-28(2,3)4)25(32-26)33(17-19-8-12-21(35-5)13-9-19)18-20-10-14-22(36-6)15-11-20/h8-15H,7,16-18H2,1-6H3,(H,31,34). The zero-order chi connectivity index (χ0) is 27.7. The monoisotopic (exact) mass is 602 g/mol. The Hall–Kier alpha value is -2.98. The fourth-order valence-corrected chi connectivity index (χ4v) is 4.62. The number of alkyl halides is 1.